The summed E-state index contributed by atoms with van der Waals surface area (Å²) in [5.74, 6) is 0. The average molecular weight is 401 g/mol. The fourth-order valence-corrected chi connectivity index (χ4v) is 4.41. The number of fused-ring (bicyclic) bond motifs is 1. The third kappa shape index (κ3) is 4.24. The van der Waals surface area contributed by atoms with Gasteiger partial charge in [-0.05, 0) is 29.0 Å². The highest BCUT2D eigenvalue weighted by molar-refractivity contribution is 7.10. The van der Waals surface area contributed by atoms with Gasteiger partial charge in [-0.15, -0.1) is 11.3 Å². The van der Waals surface area contributed by atoms with E-state index in [1.807, 2.05) is 41.7 Å². The first-order valence-corrected chi connectivity index (χ1v) is 10.3. The molecule has 4 rings (SSSR count). The number of hydrogen-bond acceptors (Lipinski definition) is 5. The Bertz CT molecular complexity index is 970. The summed E-state index contributed by atoms with van der Waals surface area (Å²) in [6.07, 6.45) is 2.75. The molecule has 140 valence electrons. The molecule has 3 aromatic rings. The molecule has 0 radical (unpaired) electrons. The first kappa shape index (κ1) is 18.2. The molecule has 0 fully saturated rings. The van der Waals surface area contributed by atoms with Crippen LogP contribution in [0.3, 0.4) is 0 Å². The Morgan fingerprint density at radius 3 is 2.93 bits per heavy atom. The summed E-state index contributed by atoms with van der Waals surface area (Å²) < 4.78 is 1.39. The molecule has 2 aromatic heterocycles. The molecule has 1 aliphatic rings. The normalized spacial score (nSPS) is 14.1. The maximum absolute atomic E-state index is 12.5. The Morgan fingerprint density at radius 2 is 2.07 bits per heavy atom. The number of hydrogen-bond donors (Lipinski definition) is 1. The summed E-state index contributed by atoms with van der Waals surface area (Å²) in [7, 11) is 0. The van der Waals surface area contributed by atoms with Crippen molar-refractivity contribution in [2.45, 2.75) is 19.5 Å². The molecule has 0 atom stereocenters. The van der Waals surface area contributed by atoms with Crippen LogP contribution in [0.1, 0.15) is 16.0 Å². The second-order valence-corrected chi connectivity index (χ2v) is 8.02. The van der Waals surface area contributed by atoms with Crippen LogP contribution in [0.25, 0.3) is 0 Å². The van der Waals surface area contributed by atoms with Gasteiger partial charge in [0.05, 0.1) is 18.4 Å². The van der Waals surface area contributed by atoms with Crippen molar-refractivity contribution < 1.29 is 0 Å². The monoisotopic (exact) mass is 400 g/mol. The number of nitrogens with zero attached hydrogens (tertiary/aromatic N) is 3. The fraction of sp³-hybridized carbons (Fsp3) is 0.300. The quantitative estimate of drug-likeness (QED) is 0.688. The molecule has 1 aliphatic heterocycles. The van der Waals surface area contributed by atoms with Gasteiger partial charge in [-0.1, -0.05) is 41.9 Å². The predicted octanol–water partition coefficient (Wildman–Crippen LogP) is 3.48. The summed E-state index contributed by atoms with van der Waals surface area (Å²) in [6.45, 7) is 4.10. The molecule has 3 heterocycles. The summed E-state index contributed by atoms with van der Waals surface area (Å²) in [5.41, 5.74) is 2.78. The lowest BCUT2D eigenvalue weighted by atomic mass is 10.1. The minimum atomic E-state index is -0.272. The topological polar surface area (TPSA) is 50.2 Å². The maximum Gasteiger partial charge on any atom is 0.287 e. The zero-order valence-corrected chi connectivity index (χ0v) is 16.5. The average Bonchev–Trinajstić information content (AvgIpc) is 3.16. The largest absolute Gasteiger partial charge is 0.381 e. The Balaban J connectivity index is 1.36. The van der Waals surface area contributed by atoms with Crippen LogP contribution in [0.15, 0.2) is 52.8 Å². The number of rotatable bonds is 6. The van der Waals surface area contributed by atoms with Crippen molar-refractivity contribution in [2.75, 3.05) is 25.0 Å². The number of nitrogens with one attached hydrogen (secondary N) is 1. The number of thiophene rings is 1. The summed E-state index contributed by atoms with van der Waals surface area (Å²) in [5, 5.41) is 9.89. The number of anilines is 1. The van der Waals surface area contributed by atoms with Gasteiger partial charge in [0, 0.05) is 31.1 Å². The van der Waals surface area contributed by atoms with Crippen molar-refractivity contribution in [3.63, 3.8) is 0 Å². The first-order valence-electron chi connectivity index (χ1n) is 9.02. The highest BCUT2D eigenvalue weighted by Crippen LogP contribution is 2.23. The molecule has 0 spiro atoms. The van der Waals surface area contributed by atoms with Crippen molar-refractivity contribution >= 4 is 28.6 Å². The van der Waals surface area contributed by atoms with Gasteiger partial charge in [-0.3, -0.25) is 9.69 Å². The third-order valence-corrected chi connectivity index (χ3v) is 6.18. The standard InChI is InChI=1S/C20H21ClN4OS/c21-19-17(12-23-25(20(19)26)13-15-4-2-1-3-5-15)22-8-10-24-9-6-18-16(14-24)7-11-27-18/h1-5,7,11-12,22H,6,8-10,13-14H2. The van der Waals surface area contributed by atoms with Gasteiger partial charge < -0.3 is 5.32 Å². The smallest absolute Gasteiger partial charge is 0.287 e. The van der Waals surface area contributed by atoms with Crippen molar-refractivity contribution in [2.24, 2.45) is 0 Å². The van der Waals surface area contributed by atoms with Gasteiger partial charge in [0.15, 0.2) is 0 Å². The number of aromatic nitrogens is 2. The van der Waals surface area contributed by atoms with E-state index in [-0.39, 0.29) is 10.6 Å². The van der Waals surface area contributed by atoms with Gasteiger partial charge >= 0.3 is 0 Å². The molecule has 5 nitrogen and oxygen atoms in total. The van der Waals surface area contributed by atoms with Crippen LogP contribution in [-0.2, 0) is 19.5 Å². The van der Waals surface area contributed by atoms with Crippen LogP contribution < -0.4 is 10.9 Å². The predicted molar refractivity (Wildman–Crippen MR) is 111 cm³/mol. The van der Waals surface area contributed by atoms with Gasteiger partial charge in [0.2, 0.25) is 0 Å². The summed E-state index contributed by atoms with van der Waals surface area (Å²) in [4.78, 5) is 16.4. The highest BCUT2D eigenvalue weighted by Gasteiger charge is 2.17. The first-order chi connectivity index (χ1) is 13.2. The lowest BCUT2D eigenvalue weighted by Crippen LogP contribution is -2.34. The zero-order valence-electron chi connectivity index (χ0n) is 14.9. The second-order valence-electron chi connectivity index (χ2n) is 6.64. The Morgan fingerprint density at radius 1 is 1.22 bits per heavy atom. The van der Waals surface area contributed by atoms with Crippen molar-refractivity contribution in [1.82, 2.24) is 14.7 Å². The second kappa shape index (κ2) is 8.25. The molecule has 0 bridgehead atoms. The van der Waals surface area contributed by atoms with Crippen molar-refractivity contribution in [3.8, 4) is 0 Å². The van der Waals surface area contributed by atoms with E-state index in [0.29, 0.717) is 12.2 Å². The van der Waals surface area contributed by atoms with E-state index in [1.54, 1.807) is 6.20 Å². The van der Waals surface area contributed by atoms with Gasteiger partial charge in [-0.25, -0.2) is 4.68 Å². The number of halogens is 1. The van der Waals surface area contributed by atoms with E-state index in [0.717, 1.165) is 38.2 Å². The van der Waals surface area contributed by atoms with E-state index < -0.39 is 0 Å². The lowest BCUT2D eigenvalue weighted by Gasteiger charge is -2.26. The maximum atomic E-state index is 12.5. The zero-order chi connectivity index (χ0) is 18.6. The van der Waals surface area contributed by atoms with E-state index >= 15 is 0 Å². The summed E-state index contributed by atoms with van der Waals surface area (Å²) >= 11 is 8.14. The molecule has 0 aliphatic carbocycles. The van der Waals surface area contributed by atoms with Crippen LogP contribution >= 0.6 is 22.9 Å². The van der Waals surface area contributed by atoms with E-state index in [9.17, 15) is 4.79 Å². The third-order valence-electron chi connectivity index (χ3n) is 4.79. The molecule has 0 saturated heterocycles. The molecule has 0 saturated carbocycles. The Hall–Kier alpha value is -2.15. The van der Waals surface area contributed by atoms with Gasteiger partial charge in [-0.2, -0.15) is 5.10 Å². The molecule has 0 amide bonds. The van der Waals surface area contributed by atoms with E-state index in [1.165, 1.54) is 15.1 Å². The molecular formula is C20H21ClN4OS. The molecule has 1 N–H and O–H groups in total. The van der Waals surface area contributed by atoms with Gasteiger partial charge in [0.25, 0.3) is 5.56 Å². The minimum absolute atomic E-state index is 0.194. The molecule has 0 unspecified atom stereocenters. The Kier molecular flexibility index (Phi) is 5.57. The van der Waals surface area contributed by atoms with Crippen LogP contribution in [0.4, 0.5) is 5.69 Å². The molecular weight excluding hydrogens is 380 g/mol. The van der Waals surface area contributed by atoms with Gasteiger partial charge in [0.1, 0.15) is 5.02 Å². The summed E-state index contributed by atoms with van der Waals surface area (Å²) in [6, 6.07) is 12.0. The van der Waals surface area contributed by atoms with Crippen LogP contribution in [0.5, 0.6) is 0 Å². The Labute approximate surface area is 167 Å². The molecule has 27 heavy (non-hydrogen) atoms. The van der Waals surface area contributed by atoms with Crippen molar-refractivity contribution in [3.05, 3.63) is 79.4 Å². The minimum Gasteiger partial charge on any atom is -0.381 e. The lowest BCUT2D eigenvalue weighted by molar-refractivity contribution is 0.266. The van der Waals surface area contributed by atoms with E-state index in [4.69, 9.17) is 11.6 Å². The molecule has 7 heteroatoms. The highest BCUT2D eigenvalue weighted by atomic mass is 35.5. The number of benzene rings is 1. The molecule has 1 aromatic carbocycles. The van der Waals surface area contributed by atoms with Crippen LogP contribution in [-0.4, -0.2) is 34.3 Å². The van der Waals surface area contributed by atoms with Crippen molar-refractivity contribution in [1.29, 1.82) is 0 Å². The van der Waals surface area contributed by atoms with Crippen LogP contribution in [0, 0.1) is 0 Å². The fourth-order valence-electron chi connectivity index (χ4n) is 3.30. The van der Waals surface area contributed by atoms with Crippen LogP contribution in [0.2, 0.25) is 5.02 Å². The van der Waals surface area contributed by atoms with E-state index in [2.05, 4.69) is 26.8 Å². The SMILES string of the molecule is O=c1c(Cl)c(NCCN2CCc3sccc3C2)cnn1Cc1ccccc1.